The molecular formula is C20H31ClN4O2. The van der Waals surface area contributed by atoms with Crippen LogP contribution in [0.4, 0.5) is 0 Å². The number of nitrogens with one attached hydrogen (secondary N) is 2. The molecule has 1 aliphatic heterocycles. The molecule has 0 atom stereocenters. The number of amides is 1. The molecule has 27 heavy (non-hydrogen) atoms. The van der Waals surface area contributed by atoms with Crippen LogP contribution in [0.3, 0.4) is 0 Å². The number of hydrogen-bond donors (Lipinski definition) is 2. The number of ether oxygens (including phenoxy) is 1. The number of guanidine groups is 1. The highest BCUT2D eigenvalue weighted by Crippen LogP contribution is 2.25. The zero-order valence-electron chi connectivity index (χ0n) is 16.6. The predicted molar refractivity (Wildman–Crippen MR) is 110 cm³/mol. The molecule has 2 N–H and O–H groups in total. The highest BCUT2D eigenvalue weighted by Gasteiger charge is 2.23. The summed E-state index contributed by atoms with van der Waals surface area (Å²) in [4.78, 5) is 18.7. The van der Waals surface area contributed by atoms with Crippen LogP contribution < -0.4 is 15.4 Å². The number of carbonyl (C=O) groups is 1. The van der Waals surface area contributed by atoms with E-state index in [1.54, 1.807) is 7.05 Å². The first-order valence-corrected chi connectivity index (χ1v) is 10.1. The maximum absolute atomic E-state index is 11.6. The molecule has 1 fully saturated rings. The van der Waals surface area contributed by atoms with Crippen molar-refractivity contribution in [2.24, 2.45) is 10.9 Å². The summed E-state index contributed by atoms with van der Waals surface area (Å²) < 4.78 is 5.69. The zero-order valence-corrected chi connectivity index (χ0v) is 17.3. The van der Waals surface area contributed by atoms with Crippen molar-refractivity contribution in [3.8, 4) is 5.75 Å². The fourth-order valence-corrected chi connectivity index (χ4v) is 3.41. The van der Waals surface area contributed by atoms with E-state index >= 15 is 0 Å². The van der Waals surface area contributed by atoms with Gasteiger partial charge in [-0.2, -0.15) is 0 Å². The number of rotatable bonds is 7. The summed E-state index contributed by atoms with van der Waals surface area (Å²) in [6.45, 7) is 7.79. The Balaban J connectivity index is 2.02. The number of piperidine rings is 1. The van der Waals surface area contributed by atoms with Crippen molar-refractivity contribution in [3.63, 3.8) is 0 Å². The lowest BCUT2D eigenvalue weighted by Crippen LogP contribution is -2.46. The smallest absolute Gasteiger partial charge is 0.220 e. The Morgan fingerprint density at radius 1 is 1.33 bits per heavy atom. The van der Waals surface area contributed by atoms with Crippen molar-refractivity contribution in [3.05, 3.63) is 28.8 Å². The van der Waals surface area contributed by atoms with Gasteiger partial charge in [0.15, 0.2) is 5.96 Å². The van der Waals surface area contributed by atoms with Crippen molar-refractivity contribution < 1.29 is 9.53 Å². The van der Waals surface area contributed by atoms with Crippen molar-refractivity contribution in [1.82, 2.24) is 15.5 Å². The molecule has 1 amide bonds. The van der Waals surface area contributed by atoms with Gasteiger partial charge in [0, 0.05) is 43.7 Å². The standard InChI is InChI=1S/C20H31ClN4O2/c1-4-23-20(25-10-8-15(9-11-25)12-19(26)22-3)24-14-16-6-7-17(21)13-18(16)27-5-2/h6-7,13,15H,4-5,8-12,14H2,1-3H3,(H,22,26)(H,23,24). The van der Waals surface area contributed by atoms with Gasteiger partial charge in [0.2, 0.25) is 5.91 Å². The quantitative estimate of drug-likeness (QED) is 0.551. The van der Waals surface area contributed by atoms with Crippen molar-refractivity contribution >= 4 is 23.5 Å². The minimum Gasteiger partial charge on any atom is -0.493 e. The summed E-state index contributed by atoms with van der Waals surface area (Å²) in [7, 11) is 1.70. The van der Waals surface area contributed by atoms with Crippen LogP contribution in [0.1, 0.15) is 38.7 Å². The van der Waals surface area contributed by atoms with Crippen LogP contribution in [0, 0.1) is 5.92 Å². The second-order valence-electron chi connectivity index (χ2n) is 6.66. The summed E-state index contributed by atoms with van der Waals surface area (Å²) in [6.07, 6.45) is 2.62. The Morgan fingerprint density at radius 3 is 2.70 bits per heavy atom. The maximum atomic E-state index is 11.6. The largest absolute Gasteiger partial charge is 0.493 e. The molecule has 0 unspecified atom stereocenters. The monoisotopic (exact) mass is 394 g/mol. The average molecular weight is 395 g/mol. The van der Waals surface area contributed by atoms with E-state index < -0.39 is 0 Å². The Kier molecular flexibility index (Phi) is 8.72. The van der Waals surface area contributed by atoms with Gasteiger partial charge in [-0.3, -0.25) is 4.79 Å². The van der Waals surface area contributed by atoms with E-state index in [9.17, 15) is 4.79 Å². The first-order valence-electron chi connectivity index (χ1n) is 9.72. The molecule has 0 radical (unpaired) electrons. The van der Waals surface area contributed by atoms with Crippen molar-refractivity contribution in [1.29, 1.82) is 0 Å². The summed E-state index contributed by atoms with van der Waals surface area (Å²) in [5.74, 6) is 2.27. The van der Waals surface area contributed by atoms with Gasteiger partial charge in [0.1, 0.15) is 5.75 Å². The van der Waals surface area contributed by atoms with Gasteiger partial charge in [0.25, 0.3) is 0 Å². The van der Waals surface area contributed by atoms with Crippen LogP contribution in [0.15, 0.2) is 23.2 Å². The third-order valence-corrected chi connectivity index (χ3v) is 4.97. The zero-order chi connectivity index (χ0) is 19.6. The van der Waals surface area contributed by atoms with E-state index in [4.69, 9.17) is 21.3 Å². The number of nitrogens with zero attached hydrogens (tertiary/aromatic N) is 2. The van der Waals surface area contributed by atoms with Crippen LogP contribution in [0.2, 0.25) is 5.02 Å². The Hall–Kier alpha value is -1.95. The maximum Gasteiger partial charge on any atom is 0.220 e. The molecule has 1 aromatic rings. The summed E-state index contributed by atoms with van der Waals surface area (Å²) in [6, 6.07) is 5.68. The highest BCUT2D eigenvalue weighted by atomic mass is 35.5. The second kappa shape index (κ2) is 11.0. The molecule has 1 saturated heterocycles. The average Bonchev–Trinajstić information content (AvgIpc) is 2.67. The molecule has 1 aliphatic rings. The van der Waals surface area contributed by atoms with Crippen LogP contribution in [-0.4, -0.2) is 50.1 Å². The van der Waals surface area contributed by atoms with E-state index in [-0.39, 0.29) is 5.91 Å². The molecule has 0 saturated carbocycles. The summed E-state index contributed by atoms with van der Waals surface area (Å²) >= 11 is 6.08. The molecule has 7 heteroatoms. The highest BCUT2D eigenvalue weighted by molar-refractivity contribution is 6.30. The van der Waals surface area contributed by atoms with Gasteiger partial charge in [-0.25, -0.2) is 4.99 Å². The molecule has 2 rings (SSSR count). The Labute approximate surface area is 167 Å². The lowest BCUT2D eigenvalue weighted by Gasteiger charge is -2.34. The lowest BCUT2D eigenvalue weighted by molar-refractivity contribution is -0.121. The van der Waals surface area contributed by atoms with Crippen molar-refractivity contribution in [2.45, 2.75) is 39.7 Å². The molecule has 150 valence electrons. The number of aliphatic imine (C=N–C) groups is 1. The number of halogens is 1. The Morgan fingerprint density at radius 2 is 2.07 bits per heavy atom. The van der Waals surface area contributed by atoms with Gasteiger partial charge in [-0.1, -0.05) is 17.7 Å². The molecule has 6 nitrogen and oxygen atoms in total. The fraction of sp³-hybridized carbons (Fsp3) is 0.600. The molecular weight excluding hydrogens is 364 g/mol. The van der Waals surface area contributed by atoms with Gasteiger partial charge >= 0.3 is 0 Å². The molecule has 0 bridgehead atoms. The van der Waals surface area contributed by atoms with E-state index in [0.29, 0.717) is 30.5 Å². The molecule has 1 aromatic carbocycles. The van der Waals surface area contributed by atoms with Gasteiger partial charge in [-0.05, 0) is 44.7 Å². The van der Waals surface area contributed by atoms with E-state index in [2.05, 4.69) is 22.5 Å². The van der Waals surface area contributed by atoms with Crippen LogP contribution >= 0.6 is 11.6 Å². The number of carbonyl (C=O) groups excluding carboxylic acids is 1. The van der Waals surface area contributed by atoms with Crippen LogP contribution in [0.25, 0.3) is 0 Å². The van der Waals surface area contributed by atoms with Crippen LogP contribution in [-0.2, 0) is 11.3 Å². The van der Waals surface area contributed by atoms with E-state index in [1.165, 1.54) is 0 Å². The van der Waals surface area contributed by atoms with Crippen molar-refractivity contribution in [2.75, 3.05) is 33.3 Å². The number of benzene rings is 1. The van der Waals surface area contributed by atoms with E-state index in [0.717, 1.165) is 49.7 Å². The van der Waals surface area contributed by atoms with Crippen LogP contribution in [0.5, 0.6) is 5.75 Å². The molecule has 0 aliphatic carbocycles. The predicted octanol–water partition coefficient (Wildman–Crippen LogP) is 3.05. The minimum absolute atomic E-state index is 0.125. The first kappa shape index (κ1) is 21.4. The second-order valence-corrected chi connectivity index (χ2v) is 7.10. The Bertz CT molecular complexity index is 643. The first-order chi connectivity index (χ1) is 13.1. The minimum atomic E-state index is 0.125. The molecule has 0 aromatic heterocycles. The fourth-order valence-electron chi connectivity index (χ4n) is 3.25. The van der Waals surface area contributed by atoms with Gasteiger partial charge in [0.05, 0.1) is 13.2 Å². The molecule has 1 heterocycles. The van der Waals surface area contributed by atoms with Gasteiger partial charge < -0.3 is 20.3 Å². The summed E-state index contributed by atoms with van der Waals surface area (Å²) in [5.41, 5.74) is 1.02. The normalized spacial score (nSPS) is 15.6. The third-order valence-electron chi connectivity index (χ3n) is 4.73. The summed E-state index contributed by atoms with van der Waals surface area (Å²) in [5, 5.41) is 6.76. The number of likely N-dealkylation sites (tertiary alicyclic amines) is 1. The van der Waals surface area contributed by atoms with E-state index in [1.807, 2.05) is 25.1 Å². The third kappa shape index (κ3) is 6.61. The lowest BCUT2D eigenvalue weighted by atomic mass is 9.93. The topological polar surface area (TPSA) is 66.0 Å². The van der Waals surface area contributed by atoms with Gasteiger partial charge in [-0.15, -0.1) is 0 Å². The SMILES string of the molecule is CCNC(=NCc1ccc(Cl)cc1OCC)N1CCC(CC(=O)NC)CC1. The molecule has 0 spiro atoms. The number of hydrogen-bond acceptors (Lipinski definition) is 3.